The van der Waals surface area contributed by atoms with E-state index in [-0.39, 0.29) is 11.1 Å². The zero-order valence-corrected chi connectivity index (χ0v) is 11.5. The minimum absolute atomic E-state index is 0.0853. The van der Waals surface area contributed by atoms with Crippen molar-refractivity contribution >= 4 is 17.5 Å². The normalized spacial score (nSPS) is 12.4. The smallest absolute Gasteiger partial charge is 0.207 e. The molecule has 0 amide bonds. The van der Waals surface area contributed by atoms with Gasteiger partial charge in [0.15, 0.2) is 0 Å². The number of nitrogens with zero attached hydrogens (tertiary/aromatic N) is 2. The number of hydrogen-bond donors (Lipinski definition) is 1. The maximum Gasteiger partial charge on any atom is 0.207 e. The second kappa shape index (κ2) is 6.04. The van der Waals surface area contributed by atoms with Crippen LogP contribution in [-0.2, 0) is 4.74 Å². The van der Waals surface area contributed by atoms with Crippen LogP contribution >= 0.6 is 11.6 Å². The Balaban J connectivity index is 2.25. The number of rotatable bonds is 5. The summed E-state index contributed by atoms with van der Waals surface area (Å²) in [7, 11) is 1.64. The molecule has 102 valence electrons. The van der Waals surface area contributed by atoms with Gasteiger partial charge in [0.1, 0.15) is 5.82 Å². The van der Waals surface area contributed by atoms with Gasteiger partial charge in [-0.15, -0.1) is 0 Å². The van der Waals surface area contributed by atoms with E-state index in [4.69, 9.17) is 16.3 Å². The molecule has 0 aliphatic heterocycles. The summed E-state index contributed by atoms with van der Waals surface area (Å²) in [5, 5.41) is 3.30. The molecule has 2 rings (SSSR count). The molecule has 1 heterocycles. The van der Waals surface area contributed by atoms with Crippen LogP contribution < -0.4 is 5.32 Å². The quantitative estimate of drug-likeness (QED) is 0.916. The first kappa shape index (κ1) is 13.8. The van der Waals surface area contributed by atoms with Crippen molar-refractivity contribution in [3.8, 4) is 5.69 Å². The van der Waals surface area contributed by atoms with Crippen molar-refractivity contribution in [3.63, 3.8) is 0 Å². The van der Waals surface area contributed by atoms with Crippen LogP contribution in [0.5, 0.6) is 0 Å². The predicted molar refractivity (Wildman–Crippen MR) is 73.5 cm³/mol. The van der Waals surface area contributed by atoms with Crippen LogP contribution in [0.3, 0.4) is 0 Å². The fraction of sp³-hybridized carbons (Fsp3) is 0.308. The summed E-state index contributed by atoms with van der Waals surface area (Å²) >= 11 is 5.79. The van der Waals surface area contributed by atoms with E-state index >= 15 is 0 Å². The van der Waals surface area contributed by atoms with E-state index in [2.05, 4.69) is 10.3 Å². The van der Waals surface area contributed by atoms with Gasteiger partial charge in [0.2, 0.25) is 5.95 Å². The third kappa shape index (κ3) is 3.24. The third-order valence-electron chi connectivity index (χ3n) is 2.61. The lowest BCUT2D eigenvalue weighted by Crippen LogP contribution is -2.22. The predicted octanol–water partition coefficient (Wildman–Crippen LogP) is 3.11. The second-order valence-corrected chi connectivity index (χ2v) is 4.63. The van der Waals surface area contributed by atoms with Crippen LogP contribution in [0.25, 0.3) is 5.69 Å². The first-order valence-electron chi connectivity index (χ1n) is 5.86. The summed E-state index contributed by atoms with van der Waals surface area (Å²) in [6, 6.07) is 4.65. The Hall–Kier alpha value is -1.59. The first-order valence-corrected chi connectivity index (χ1v) is 6.24. The van der Waals surface area contributed by atoms with Crippen molar-refractivity contribution in [1.82, 2.24) is 9.55 Å². The Morgan fingerprint density at radius 3 is 3.00 bits per heavy atom. The number of benzene rings is 1. The lowest BCUT2D eigenvalue weighted by Gasteiger charge is -2.15. The highest BCUT2D eigenvalue weighted by molar-refractivity contribution is 6.30. The number of imidazole rings is 1. The molecule has 0 radical (unpaired) electrons. The Labute approximate surface area is 116 Å². The zero-order valence-electron chi connectivity index (χ0n) is 10.7. The van der Waals surface area contributed by atoms with Gasteiger partial charge in [-0.2, -0.15) is 0 Å². The molecule has 1 aromatic heterocycles. The highest BCUT2D eigenvalue weighted by atomic mass is 35.5. The van der Waals surface area contributed by atoms with Gasteiger partial charge in [-0.05, 0) is 25.1 Å². The molecule has 1 N–H and O–H groups in total. The van der Waals surface area contributed by atoms with Gasteiger partial charge in [-0.3, -0.25) is 4.57 Å². The second-order valence-electron chi connectivity index (χ2n) is 4.22. The van der Waals surface area contributed by atoms with Crippen LogP contribution in [0.15, 0.2) is 30.6 Å². The van der Waals surface area contributed by atoms with Crippen LogP contribution in [0.4, 0.5) is 10.3 Å². The topological polar surface area (TPSA) is 39.1 Å². The van der Waals surface area contributed by atoms with Crippen molar-refractivity contribution in [2.75, 3.05) is 19.0 Å². The molecule has 1 aromatic carbocycles. The monoisotopic (exact) mass is 283 g/mol. The highest BCUT2D eigenvalue weighted by Gasteiger charge is 2.09. The number of aromatic nitrogens is 2. The lowest BCUT2D eigenvalue weighted by atomic mass is 10.3. The molecule has 1 atom stereocenters. The number of halogens is 2. The van der Waals surface area contributed by atoms with E-state index in [9.17, 15) is 4.39 Å². The molecule has 0 saturated carbocycles. The fourth-order valence-corrected chi connectivity index (χ4v) is 1.94. The first-order chi connectivity index (χ1) is 9.11. The minimum Gasteiger partial charge on any atom is -0.383 e. The van der Waals surface area contributed by atoms with Crippen molar-refractivity contribution in [2.24, 2.45) is 0 Å². The number of methoxy groups -OCH3 is 1. The minimum atomic E-state index is -0.437. The van der Waals surface area contributed by atoms with Crippen molar-refractivity contribution in [2.45, 2.75) is 13.0 Å². The molecule has 0 bridgehead atoms. The average Bonchev–Trinajstić information content (AvgIpc) is 2.81. The molecule has 6 heteroatoms. The van der Waals surface area contributed by atoms with Crippen LogP contribution in [-0.4, -0.2) is 29.3 Å². The summed E-state index contributed by atoms with van der Waals surface area (Å²) < 4.78 is 20.0. The molecule has 19 heavy (non-hydrogen) atoms. The largest absolute Gasteiger partial charge is 0.383 e. The Morgan fingerprint density at radius 1 is 1.53 bits per heavy atom. The standard InChI is InChI=1S/C13H15ClFN3O/c1-9(8-19-2)17-13-16-5-6-18(13)10-3-4-12(15)11(14)7-10/h3-7,9H,8H2,1-2H3,(H,16,17). The van der Waals surface area contributed by atoms with Gasteiger partial charge >= 0.3 is 0 Å². The molecular weight excluding hydrogens is 269 g/mol. The van der Waals surface area contributed by atoms with Gasteiger partial charge in [-0.25, -0.2) is 9.37 Å². The average molecular weight is 284 g/mol. The van der Waals surface area contributed by atoms with E-state index in [1.165, 1.54) is 6.07 Å². The van der Waals surface area contributed by atoms with Crippen LogP contribution in [0.2, 0.25) is 5.02 Å². The molecule has 4 nitrogen and oxygen atoms in total. The number of hydrogen-bond acceptors (Lipinski definition) is 3. The molecule has 0 aliphatic carbocycles. The van der Waals surface area contributed by atoms with Crippen molar-refractivity contribution < 1.29 is 9.13 Å². The summed E-state index contributed by atoms with van der Waals surface area (Å²) in [5.41, 5.74) is 0.746. The molecule has 0 saturated heterocycles. The Kier molecular flexibility index (Phi) is 4.39. The Morgan fingerprint density at radius 2 is 2.32 bits per heavy atom. The molecule has 0 spiro atoms. The van der Waals surface area contributed by atoms with Gasteiger partial charge in [-0.1, -0.05) is 11.6 Å². The molecule has 2 aromatic rings. The SMILES string of the molecule is COCC(C)Nc1nccn1-c1ccc(F)c(Cl)c1. The van der Waals surface area contributed by atoms with E-state index < -0.39 is 5.82 Å². The Bertz CT molecular complexity index is 559. The molecular formula is C13H15ClFN3O. The maximum atomic E-state index is 13.2. The molecule has 1 unspecified atom stereocenters. The highest BCUT2D eigenvalue weighted by Crippen LogP contribution is 2.21. The lowest BCUT2D eigenvalue weighted by molar-refractivity contribution is 0.190. The maximum absolute atomic E-state index is 13.2. The summed E-state index contributed by atoms with van der Waals surface area (Å²) in [4.78, 5) is 4.23. The van der Waals surface area contributed by atoms with E-state index in [1.54, 1.807) is 36.2 Å². The van der Waals surface area contributed by atoms with Gasteiger partial charge < -0.3 is 10.1 Å². The van der Waals surface area contributed by atoms with Crippen LogP contribution in [0.1, 0.15) is 6.92 Å². The van der Waals surface area contributed by atoms with Gasteiger partial charge in [0.05, 0.1) is 17.3 Å². The van der Waals surface area contributed by atoms with Crippen molar-refractivity contribution in [1.29, 1.82) is 0 Å². The van der Waals surface area contributed by atoms with E-state index in [0.717, 1.165) is 5.69 Å². The summed E-state index contributed by atoms with van der Waals surface area (Å²) in [6.45, 7) is 2.55. The summed E-state index contributed by atoms with van der Waals surface area (Å²) in [5.74, 6) is 0.222. The number of anilines is 1. The zero-order chi connectivity index (χ0) is 13.8. The summed E-state index contributed by atoms with van der Waals surface area (Å²) in [6.07, 6.45) is 3.45. The van der Waals surface area contributed by atoms with Gasteiger partial charge in [0.25, 0.3) is 0 Å². The fourth-order valence-electron chi connectivity index (χ4n) is 1.77. The number of nitrogens with one attached hydrogen (secondary N) is 1. The van der Waals surface area contributed by atoms with Crippen LogP contribution in [0, 0.1) is 5.82 Å². The van der Waals surface area contributed by atoms with Gasteiger partial charge in [0, 0.05) is 25.5 Å². The van der Waals surface area contributed by atoms with Crippen molar-refractivity contribution in [3.05, 3.63) is 41.4 Å². The third-order valence-corrected chi connectivity index (χ3v) is 2.90. The molecule has 0 fully saturated rings. The molecule has 0 aliphatic rings. The van der Waals surface area contributed by atoms with E-state index in [0.29, 0.717) is 12.6 Å². The number of ether oxygens (including phenoxy) is 1. The van der Waals surface area contributed by atoms with E-state index in [1.807, 2.05) is 6.92 Å².